The van der Waals surface area contributed by atoms with E-state index in [4.69, 9.17) is 4.74 Å². The maximum Gasteiger partial charge on any atom is 0.246 e. The van der Waals surface area contributed by atoms with Crippen LogP contribution in [0.5, 0.6) is 0 Å². The van der Waals surface area contributed by atoms with E-state index < -0.39 is 0 Å². The van der Waals surface area contributed by atoms with Gasteiger partial charge in [0.15, 0.2) is 0 Å². The minimum absolute atomic E-state index is 0.129. The Kier molecular flexibility index (Phi) is 5.66. The van der Waals surface area contributed by atoms with Gasteiger partial charge in [-0.1, -0.05) is 0 Å². The van der Waals surface area contributed by atoms with Gasteiger partial charge in [0.25, 0.3) is 0 Å². The minimum atomic E-state index is -0.129. The van der Waals surface area contributed by atoms with E-state index in [1.165, 1.54) is 0 Å². The van der Waals surface area contributed by atoms with Gasteiger partial charge in [-0.2, -0.15) is 5.10 Å². The summed E-state index contributed by atoms with van der Waals surface area (Å²) in [7, 11) is 0. The van der Waals surface area contributed by atoms with E-state index in [-0.39, 0.29) is 12.5 Å². The number of aryl methyl sites for hydroxylation is 1. The minimum Gasteiger partial charge on any atom is -0.378 e. The number of nitrogens with zero attached hydrogens (tertiary/aromatic N) is 5. The molecule has 4 rings (SSSR count). The van der Waals surface area contributed by atoms with E-state index in [1.807, 2.05) is 37.3 Å². The van der Waals surface area contributed by atoms with Crippen molar-refractivity contribution in [2.24, 2.45) is 0 Å². The van der Waals surface area contributed by atoms with Gasteiger partial charge in [0.2, 0.25) is 5.91 Å². The number of benzene rings is 1. The van der Waals surface area contributed by atoms with Crippen molar-refractivity contribution in [2.75, 3.05) is 41.8 Å². The summed E-state index contributed by atoms with van der Waals surface area (Å²) in [6, 6.07) is 11.2. The van der Waals surface area contributed by atoms with Crippen LogP contribution in [0.4, 0.5) is 23.0 Å². The van der Waals surface area contributed by atoms with Crippen LogP contribution in [-0.2, 0) is 16.1 Å². The summed E-state index contributed by atoms with van der Waals surface area (Å²) in [6.07, 6.45) is 3.40. The average molecular weight is 393 g/mol. The lowest BCUT2D eigenvalue weighted by Crippen LogP contribution is -2.36. The number of hydrogen-bond acceptors (Lipinski definition) is 7. The van der Waals surface area contributed by atoms with Crippen LogP contribution in [-0.4, -0.2) is 52.0 Å². The standard InChI is InChI=1S/C20H23N7O2/c1-15-22-18(13-19(23-15)26-9-11-29-12-10-26)24-16-3-5-17(6-4-16)25-20(28)14-27-8-2-7-21-27/h2-8,13H,9-12,14H2,1H3,(H,25,28)(H,22,23,24). The number of aromatic nitrogens is 4. The van der Waals surface area contributed by atoms with Gasteiger partial charge >= 0.3 is 0 Å². The van der Waals surface area contributed by atoms with Gasteiger partial charge in [0.1, 0.15) is 24.0 Å². The van der Waals surface area contributed by atoms with Gasteiger partial charge in [0, 0.05) is 42.9 Å². The molecule has 9 nitrogen and oxygen atoms in total. The Labute approximate surface area is 168 Å². The number of carbonyl (C=O) groups excluding carboxylic acids is 1. The van der Waals surface area contributed by atoms with Gasteiger partial charge in [-0.15, -0.1) is 0 Å². The van der Waals surface area contributed by atoms with E-state index >= 15 is 0 Å². The second-order valence-electron chi connectivity index (χ2n) is 6.71. The van der Waals surface area contributed by atoms with Crippen LogP contribution in [0.15, 0.2) is 48.8 Å². The summed E-state index contributed by atoms with van der Waals surface area (Å²) >= 11 is 0. The molecule has 0 radical (unpaired) electrons. The first-order valence-corrected chi connectivity index (χ1v) is 9.48. The Balaban J connectivity index is 1.39. The zero-order chi connectivity index (χ0) is 20.1. The zero-order valence-electron chi connectivity index (χ0n) is 16.2. The summed E-state index contributed by atoms with van der Waals surface area (Å²) < 4.78 is 6.99. The molecule has 2 N–H and O–H groups in total. The molecular weight excluding hydrogens is 370 g/mol. The fourth-order valence-electron chi connectivity index (χ4n) is 3.10. The third-order valence-electron chi connectivity index (χ3n) is 4.47. The van der Waals surface area contributed by atoms with Crippen molar-refractivity contribution in [1.82, 2.24) is 19.7 Å². The highest BCUT2D eigenvalue weighted by Crippen LogP contribution is 2.22. The first kappa shape index (κ1) is 18.9. The first-order chi connectivity index (χ1) is 14.2. The largest absolute Gasteiger partial charge is 0.378 e. The summed E-state index contributed by atoms with van der Waals surface area (Å²) in [4.78, 5) is 23.3. The number of amides is 1. The van der Waals surface area contributed by atoms with Crippen molar-refractivity contribution in [3.05, 3.63) is 54.6 Å². The maximum absolute atomic E-state index is 12.1. The molecular formula is C20H23N7O2. The Morgan fingerprint density at radius 1 is 1.14 bits per heavy atom. The number of carbonyl (C=O) groups is 1. The van der Waals surface area contributed by atoms with Crippen LogP contribution in [0.25, 0.3) is 0 Å². The summed E-state index contributed by atoms with van der Waals surface area (Å²) in [5.41, 5.74) is 1.60. The molecule has 1 aromatic carbocycles. The van der Waals surface area contributed by atoms with Crippen molar-refractivity contribution >= 4 is 28.9 Å². The van der Waals surface area contributed by atoms with Gasteiger partial charge in [-0.25, -0.2) is 9.97 Å². The van der Waals surface area contributed by atoms with Crippen molar-refractivity contribution in [3.8, 4) is 0 Å². The summed E-state index contributed by atoms with van der Waals surface area (Å²) in [5.74, 6) is 2.20. The molecule has 0 saturated carbocycles. The van der Waals surface area contributed by atoms with E-state index in [0.29, 0.717) is 19.0 Å². The average Bonchev–Trinajstić information content (AvgIpc) is 3.22. The number of rotatable bonds is 6. The van der Waals surface area contributed by atoms with Crippen molar-refractivity contribution < 1.29 is 9.53 Å². The summed E-state index contributed by atoms with van der Waals surface area (Å²) in [6.45, 7) is 5.12. The first-order valence-electron chi connectivity index (χ1n) is 9.48. The molecule has 1 amide bonds. The predicted molar refractivity (Wildman–Crippen MR) is 110 cm³/mol. The highest BCUT2D eigenvalue weighted by atomic mass is 16.5. The Hall–Kier alpha value is -3.46. The smallest absolute Gasteiger partial charge is 0.246 e. The molecule has 29 heavy (non-hydrogen) atoms. The molecule has 150 valence electrons. The molecule has 0 aliphatic carbocycles. The number of ether oxygens (including phenoxy) is 1. The monoisotopic (exact) mass is 393 g/mol. The topological polar surface area (TPSA) is 97.2 Å². The molecule has 3 heterocycles. The predicted octanol–water partition coefficient (Wildman–Crippen LogP) is 2.20. The third kappa shape index (κ3) is 5.08. The number of morpholine rings is 1. The second-order valence-corrected chi connectivity index (χ2v) is 6.71. The normalized spacial score (nSPS) is 13.9. The Morgan fingerprint density at radius 2 is 1.90 bits per heavy atom. The number of hydrogen-bond donors (Lipinski definition) is 2. The highest BCUT2D eigenvalue weighted by Gasteiger charge is 2.14. The molecule has 0 atom stereocenters. The molecule has 1 fully saturated rings. The van der Waals surface area contributed by atoms with E-state index in [1.54, 1.807) is 23.1 Å². The maximum atomic E-state index is 12.1. The van der Waals surface area contributed by atoms with Gasteiger partial charge in [-0.3, -0.25) is 9.48 Å². The fourth-order valence-corrected chi connectivity index (χ4v) is 3.10. The summed E-state index contributed by atoms with van der Waals surface area (Å²) in [5, 5.41) is 10.2. The lowest BCUT2D eigenvalue weighted by Gasteiger charge is -2.28. The molecule has 2 aromatic heterocycles. The second kappa shape index (κ2) is 8.70. The van der Waals surface area contributed by atoms with Crippen molar-refractivity contribution in [2.45, 2.75) is 13.5 Å². The molecule has 9 heteroatoms. The molecule has 3 aromatic rings. The van der Waals surface area contributed by atoms with Crippen LogP contribution in [0, 0.1) is 6.92 Å². The van der Waals surface area contributed by atoms with Gasteiger partial charge < -0.3 is 20.3 Å². The lowest BCUT2D eigenvalue weighted by atomic mass is 10.2. The van der Waals surface area contributed by atoms with Crippen LogP contribution in [0.1, 0.15) is 5.82 Å². The SMILES string of the molecule is Cc1nc(Nc2ccc(NC(=O)Cn3cccn3)cc2)cc(N2CCOCC2)n1. The Bertz CT molecular complexity index is 951. The highest BCUT2D eigenvalue weighted by molar-refractivity contribution is 5.90. The van der Waals surface area contributed by atoms with Crippen LogP contribution in [0.3, 0.4) is 0 Å². The van der Waals surface area contributed by atoms with E-state index in [0.717, 1.165) is 36.1 Å². The fraction of sp³-hybridized carbons (Fsp3) is 0.300. The third-order valence-corrected chi connectivity index (χ3v) is 4.47. The quantitative estimate of drug-likeness (QED) is 0.663. The van der Waals surface area contributed by atoms with Crippen molar-refractivity contribution in [3.63, 3.8) is 0 Å². The van der Waals surface area contributed by atoms with Crippen LogP contribution < -0.4 is 15.5 Å². The molecule has 1 aliphatic rings. The van der Waals surface area contributed by atoms with Crippen LogP contribution in [0.2, 0.25) is 0 Å². The molecule has 0 bridgehead atoms. The van der Waals surface area contributed by atoms with Gasteiger partial charge in [-0.05, 0) is 37.3 Å². The molecule has 1 saturated heterocycles. The Morgan fingerprint density at radius 3 is 2.62 bits per heavy atom. The molecule has 1 aliphatic heterocycles. The van der Waals surface area contributed by atoms with Crippen molar-refractivity contribution in [1.29, 1.82) is 0 Å². The number of anilines is 4. The number of nitrogens with one attached hydrogen (secondary N) is 2. The molecule has 0 unspecified atom stereocenters. The van der Waals surface area contributed by atoms with Crippen LogP contribution >= 0.6 is 0 Å². The lowest BCUT2D eigenvalue weighted by molar-refractivity contribution is -0.116. The van der Waals surface area contributed by atoms with Gasteiger partial charge in [0.05, 0.1) is 13.2 Å². The van der Waals surface area contributed by atoms with E-state index in [2.05, 4.69) is 30.6 Å². The van der Waals surface area contributed by atoms with E-state index in [9.17, 15) is 4.79 Å². The zero-order valence-corrected chi connectivity index (χ0v) is 16.2. The molecule has 0 spiro atoms.